The van der Waals surface area contributed by atoms with Gasteiger partial charge in [0.15, 0.2) is 0 Å². The zero-order valence-electron chi connectivity index (χ0n) is 21.6. The highest BCUT2D eigenvalue weighted by Crippen LogP contribution is 2.45. The molecule has 0 spiro atoms. The first-order valence-electron chi connectivity index (χ1n) is 12.9. The molecule has 2 unspecified atom stereocenters. The predicted octanol–water partition coefficient (Wildman–Crippen LogP) is 6.53. The highest BCUT2D eigenvalue weighted by atomic mass is 19.1. The number of hydrogen-bond donors (Lipinski definition) is 1. The normalized spacial score (nSPS) is 17.7. The number of fused-ring (bicyclic) bond motifs is 2. The van der Waals surface area contributed by atoms with Gasteiger partial charge in [-0.2, -0.15) is 5.10 Å². The first kappa shape index (κ1) is 24.2. The number of ether oxygens (including phenoxy) is 2. The largest absolute Gasteiger partial charge is 0.492 e. The van der Waals surface area contributed by atoms with Crippen LogP contribution in [0, 0.1) is 19.7 Å². The third-order valence-electron chi connectivity index (χ3n) is 7.69. The molecule has 0 amide bonds. The van der Waals surface area contributed by atoms with E-state index < -0.39 is 12.1 Å². The van der Waals surface area contributed by atoms with Gasteiger partial charge in [0.05, 0.1) is 19.2 Å². The molecule has 7 heteroatoms. The standard InChI is InChI=1S/C31H29FN2O4/c1-17-10-19(21-14-33-34(3)15-21)11-18(2)30(17)24-6-8-26(32)31-25(24)7-9-27(31)38-22-4-5-23-20(12-29(35)36)16-37-28(23)13-22/h4-6,8,10-11,13-15,20,27H,7,9,12,16H2,1-3H3,(H,35,36). The van der Waals surface area contributed by atoms with Crippen LogP contribution in [-0.4, -0.2) is 27.5 Å². The molecular formula is C31H29FN2O4. The number of nitrogens with zero attached hydrogens (tertiary/aromatic N) is 2. The van der Waals surface area contributed by atoms with Crippen LogP contribution in [0.25, 0.3) is 22.3 Å². The van der Waals surface area contributed by atoms with E-state index in [1.165, 1.54) is 0 Å². The number of aryl methyl sites for hydroxylation is 3. The second-order valence-corrected chi connectivity index (χ2v) is 10.3. The topological polar surface area (TPSA) is 73.6 Å². The molecule has 0 fully saturated rings. The molecule has 1 aliphatic heterocycles. The Labute approximate surface area is 220 Å². The van der Waals surface area contributed by atoms with Crippen LogP contribution < -0.4 is 9.47 Å². The van der Waals surface area contributed by atoms with Crippen LogP contribution in [0.15, 0.2) is 54.9 Å². The molecule has 1 aromatic heterocycles. The predicted molar refractivity (Wildman–Crippen MR) is 142 cm³/mol. The van der Waals surface area contributed by atoms with Crippen LogP contribution in [-0.2, 0) is 18.3 Å². The van der Waals surface area contributed by atoms with Gasteiger partial charge in [-0.3, -0.25) is 9.48 Å². The summed E-state index contributed by atoms with van der Waals surface area (Å²) in [5.74, 6) is -0.0400. The van der Waals surface area contributed by atoms with Crippen LogP contribution in [0.4, 0.5) is 4.39 Å². The lowest BCUT2D eigenvalue weighted by molar-refractivity contribution is -0.137. The lowest BCUT2D eigenvalue weighted by Crippen LogP contribution is -2.07. The summed E-state index contributed by atoms with van der Waals surface area (Å²) < 4.78 is 29.1. The minimum atomic E-state index is -0.849. The summed E-state index contributed by atoms with van der Waals surface area (Å²) in [7, 11) is 1.91. The van der Waals surface area contributed by atoms with Crippen LogP contribution >= 0.6 is 0 Å². The minimum Gasteiger partial charge on any atom is -0.492 e. The van der Waals surface area contributed by atoms with Crippen molar-refractivity contribution in [1.82, 2.24) is 9.78 Å². The number of carboxylic acid groups (broad SMARTS) is 1. The van der Waals surface area contributed by atoms with Gasteiger partial charge in [0.1, 0.15) is 23.4 Å². The van der Waals surface area contributed by atoms with Gasteiger partial charge >= 0.3 is 5.97 Å². The number of aromatic nitrogens is 2. The molecule has 2 heterocycles. The van der Waals surface area contributed by atoms with Crippen LogP contribution in [0.1, 0.15) is 52.7 Å². The minimum absolute atomic E-state index is 0.0270. The van der Waals surface area contributed by atoms with Crippen LogP contribution in [0.5, 0.6) is 11.5 Å². The summed E-state index contributed by atoms with van der Waals surface area (Å²) in [6.07, 6.45) is 4.88. The summed E-state index contributed by atoms with van der Waals surface area (Å²) in [6, 6.07) is 13.3. The van der Waals surface area contributed by atoms with Gasteiger partial charge < -0.3 is 14.6 Å². The van der Waals surface area contributed by atoms with E-state index >= 15 is 4.39 Å². The summed E-state index contributed by atoms with van der Waals surface area (Å²) in [4.78, 5) is 11.1. The number of carbonyl (C=O) groups is 1. The molecule has 6 rings (SSSR count). The van der Waals surface area contributed by atoms with Crippen molar-refractivity contribution >= 4 is 5.97 Å². The molecule has 3 aromatic carbocycles. The summed E-state index contributed by atoms with van der Waals surface area (Å²) in [6.45, 7) is 4.54. The van der Waals surface area contributed by atoms with Gasteiger partial charge in [0.25, 0.3) is 0 Å². The molecule has 0 bridgehead atoms. The molecule has 2 aliphatic rings. The number of rotatable bonds is 6. The zero-order chi connectivity index (χ0) is 26.6. The average Bonchev–Trinajstić information content (AvgIpc) is 3.59. The maximum atomic E-state index is 15.3. The zero-order valence-corrected chi connectivity index (χ0v) is 21.6. The van der Waals surface area contributed by atoms with Crippen LogP contribution in [0.3, 0.4) is 0 Å². The Kier molecular flexibility index (Phi) is 5.94. The SMILES string of the molecule is Cc1cc(-c2cnn(C)c2)cc(C)c1-c1ccc(F)c2c1CCC2Oc1ccc2c(c1)OCC2CC(=O)O. The number of aliphatic carboxylic acids is 1. The third kappa shape index (κ3) is 4.22. The Hall–Kier alpha value is -4.13. The van der Waals surface area contributed by atoms with E-state index in [1.54, 1.807) is 16.8 Å². The van der Waals surface area contributed by atoms with E-state index in [9.17, 15) is 4.79 Å². The van der Waals surface area contributed by atoms with E-state index in [-0.39, 0.29) is 18.2 Å². The fourth-order valence-electron chi connectivity index (χ4n) is 6.03. The second kappa shape index (κ2) is 9.31. The smallest absolute Gasteiger partial charge is 0.304 e. The Balaban J connectivity index is 1.31. The lowest BCUT2D eigenvalue weighted by atomic mass is 9.88. The van der Waals surface area contributed by atoms with Gasteiger partial charge in [0.2, 0.25) is 0 Å². The summed E-state index contributed by atoms with van der Waals surface area (Å²) in [5, 5.41) is 13.4. The molecule has 0 saturated carbocycles. The summed E-state index contributed by atoms with van der Waals surface area (Å²) >= 11 is 0. The van der Waals surface area contributed by atoms with Crippen molar-refractivity contribution < 1.29 is 23.8 Å². The fourth-order valence-corrected chi connectivity index (χ4v) is 6.03. The maximum Gasteiger partial charge on any atom is 0.304 e. The first-order chi connectivity index (χ1) is 18.3. The second-order valence-electron chi connectivity index (χ2n) is 10.3. The quantitative estimate of drug-likeness (QED) is 0.318. The Morgan fingerprint density at radius 1 is 1.16 bits per heavy atom. The van der Waals surface area contributed by atoms with E-state index in [0.717, 1.165) is 50.9 Å². The van der Waals surface area contributed by atoms with Gasteiger partial charge in [-0.25, -0.2) is 4.39 Å². The van der Waals surface area contributed by atoms with E-state index in [0.29, 0.717) is 30.1 Å². The highest BCUT2D eigenvalue weighted by molar-refractivity contribution is 5.79. The van der Waals surface area contributed by atoms with Gasteiger partial charge in [0, 0.05) is 41.9 Å². The molecule has 2 atom stereocenters. The highest BCUT2D eigenvalue weighted by Gasteiger charge is 2.32. The van der Waals surface area contributed by atoms with Crippen molar-refractivity contribution in [2.45, 2.75) is 45.1 Å². The molecule has 38 heavy (non-hydrogen) atoms. The van der Waals surface area contributed by atoms with Gasteiger partial charge in [-0.15, -0.1) is 0 Å². The van der Waals surface area contributed by atoms with E-state index in [2.05, 4.69) is 31.1 Å². The monoisotopic (exact) mass is 512 g/mol. The van der Waals surface area contributed by atoms with Crippen molar-refractivity contribution in [2.24, 2.45) is 7.05 Å². The molecule has 4 aromatic rings. The Morgan fingerprint density at radius 2 is 1.95 bits per heavy atom. The lowest BCUT2D eigenvalue weighted by Gasteiger charge is -2.19. The van der Waals surface area contributed by atoms with Gasteiger partial charge in [-0.1, -0.05) is 24.3 Å². The van der Waals surface area contributed by atoms with E-state index in [1.807, 2.05) is 37.6 Å². The number of benzene rings is 3. The number of carboxylic acids is 1. The molecular weight excluding hydrogens is 483 g/mol. The Morgan fingerprint density at radius 3 is 2.66 bits per heavy atom. The Bertz CT molecular complexity index is 1550. The molecule has 0 radical (unpaired) electrons. The molecule has 194 valence electrons. The first-order valence-corrected chi connectivity index (χ1v) is 12.9. The van der Waals surface area contributed by atoms with Crippen LogP contribution in [0.2, 0.25) is 0 Å². The average molecular weight is 513 g/mol. The fraction of sp³-hybridized carbons (Fsp3) is 0.290. The maximum absolute atomic E-state index is 15.3. The van der Waals surface area contributed by atoms with Crippen molar-refractivity contribution in [1.29, 1.82) is 0 Å². The number of halogens is 1. The third-order valence-corrected chi connectivity index (χ3v) is 7.69. The van der Waals surface area contributed by atoms with Gasteiger partial charge in [-0.05, 0) is 72.2 Å². The molecule has 6 nitrogen and oxygen atoms in total. The van der Waals surface area contributed by atoms with Crippen molar-refractivity contribution in [2.75, 3.05) is 6.61 Å². The summed E-state index contributed by atoms with van der Waals surface area (Å²) in [5.41, 5.74) is 9.11. The molecule has 1 aliphatic carbocycles. The molecule has 0 saturated heterocycles. The molecule has 1 N–H and O–H groups in total. The number of hydrogen-bond acceptors (Lipinski definition) is 4. The van der Waals surface area contributed by atoms with Crippen molar-refractivity contribution in [3.63, 3.8) is 0 Å². The van der Waals surface area contributed by atoms with Crippen molar-refractivity contribution in [3.8, 4) is 33.8 Å². The van der Waals surface area contributed by atoms with E-state index in [4.69, 9.17) is 14.6 Å². The van der Waals surface area contributed by atoms with Crippen molar-refractivity contribution in [3.05, 3.63) is 88.5 Å².